The van der Waals surface area contributed by atoms with Crippen molar-refractivity contribution in [2.24, 2.45) is 5.73 Å². The van der Waals surface area contributed by atoms with Crippen molar-refractivity contribution in [3.63, 3.8) is 0 Å². The molecule has 0 radical (unpaired) electrons. The average molecular weight is 283 g/mol. The van der Waals surface area contributed by atoms with E-state index in [2.05, 4.69) is 4.90 Å². The van der Waals surface area contributed by atoms with E-state index in [1.54, 1.807) is 0 Å². The predicted octanol–water partition coefficient (Wildman–Crippen LogP) is 3.22. The zero-order chi connectivity index (χ0) is 13.7. The van der Waals surface area contributed by atoms with Gasteiger partial charge in [0.05, 0.1) is 11.6 Å². The van der Waals surface area contributed by atoms with Gasteiger partial charge in [-0.15, -0.1) is 0 Å². The van der Waals surface area contributed by atoms with Crippen molar-refractivity contribution in [2.45, 2.75) is 32.2 Å². The van der Waals surface area contributed by atoms with E-state index in [-0.39, 0.29) is 6.04 Å². The summed E-state index contributed by atoms with van der Waals surface area (Å²) in [6.07, 6.45) is 3.72. The largest absolute Gasteiger partial charge is 0.492 e. The standard InChI is InChI=1S/C15H23ClN2O/c1-12(17)13-5-6-15(14(16)11-13)19-10-4-9-18-7-2-3-8-18/h5-6,11-12H,2-4,7-10,17H2,1H3. The van der Waals surface area contributed by atoms with Gasteiger partial charge in [0, 0.05) is 12.6 Å². The summed E-state index contributed by atoms with van der Waals surface area (Å²) < 4.78 is 5.73. The van der Waals surface area contributed by atoms with Crippen molar-refractivity contribution in [1.29, 1.82) is 0 Å². The average Bonchev–Trinajstić information content (AvgIpc) is 2.89. The van der Waals surface area contributed by atoms with E-state index in [4.69, 9.17) is 22.1 Å². The number of rotatable bonds is 6. The van der Waals surface area contributed by atoms with E-state index in [0.29, 0.717) is 11.6 Å². The van der Waals surface area contributed by atoms with E-state index in [1.807, 2.05) is 25.1 Å². The molecule has 19 heavy (non-hydrogen) atoms. The smallest absolute Gasteiger partial charge is 0.137 e. The van der Waals surface area contributed by atoms with Crippen LogP contribution in [0.3, 0.4) is 0 Å². The maximum absolute atomic E-state index is 6.19. The van der Waals surface area contributed by atoms with Crippen LogP contribution in [0.5, 0.6) is 5.75 Å². The van der Waals surface area contributed by atoms with Crippen molar-refractivity contribution >= 4 is 11.6 Å². The van der Waals surface area contributed by atoms with Crippen LogP contribution in [-0.2, 0) is 0 Å². The van der Waals surface area contributed by atoms with E-state index < -0.39 is 0 Å². The van der Waals surface area contributed by atoms with Crippen molar-refractivity contribution in [2.75, 3.05) is 26.2 Å². The second-order valence-electron chi connectivity index (χ2n) is 5.23. The third-order valence-corrected chi connectivity index (χ3v) is 3.85. The van der Waals surface area contributed by atoms with Crippen molar-refractivity contribution in [3.8, 4) is 5.75 Å². The van der Waals surface area contributed by atoms with Crippen molar-refractivity contribution < 1.29 is 4.74 Å². The molecule has 1 heterocycles. The van der Waals surface area contributed by atoms with Crippen molar-refractivity contribution in [1.82, 2.24) is 4.90 Å². The molecule has 0 saturated carbocycles. The number of ether oxygens (including phenoxy) is 1. The molecule has 2 N–H and O–H groups in total. The summed E-state index contributed by atoms with van der Waals surface area (Å²) in [6, 6.07) is 5.78. The first-order valence-corrected chi connectivity index (χ1v) is 7.45. The van der Waals surface area contributed by atoms with E-state index in [9.17, 15) is 0 Å². The zero-order valence-corrected chi connectivity index (χ0v) is 12.3. The lowest BCUT2D eigenvalue weighted by Gasteiger charge is -2.15. The highest BCUT2D eigenvalue weighted by Crippen LogP contribution is 2.27. The van der Waals surface area contributed by atoms with Crippen LogP contribution in [0.4, 0.5) is 0 Å². The first-order chi connectivity index (χ1) is 9.16. The number of likely N-dealkylation sites (tertiary alicyclic amines) is 1. The molecule has 106 valence electrons. The quantitative estimate of drug-likeness (QED) is 0.814. The molecule has 1 aliphatic heterocycles. The summed E-state index contributed by atoms with van der Waals surface area (Å²) >= 11 is 6.19. The number of halogens is 1. The summed E-state index contributed by atoms with van der Waals surface area (Å²) in [5.74, 6) is 0.757. The van der Waals surface area contributed by atoms with Gasteiger partial charge < -0.3 is 15.4 Å². The fourth-order valence-electron chi connectivity index (χ4n) is 2.39. The second kappa shape index (κ2) is 7.13. The van der Waals surface area contributed by atoms with Gasteiger partial charge in [-0.2, -0.15) is 0 Å². The number of nitrogens with zero attached hydrogens (tertiary/aromatic N) is 1. The monoisotopic (exact) mass is 282 g/mol. The third kappa shape index (κ3) is 4.37. The third-order valence-electron chi connectivity index (χ3n) is 3.56. The van der Waals surface area contributed by atoms with Crippen LogP contribution in [0, 0.1) is 0 Å². The lowest BCUT2D eigenvalue weighted by atomic mass is 10.1. The number of benzene rings is 1. The van der Waals surface area contributed by atoms with Crippen LogP contribution in [0.2, 0.25) is 5.02 Å². The molecule has 1 fully saturated rings. The Hall–Kier alpha value is -0.770. The molecule has 1 saturated heterocycles. The molecule has 3 nitrogen and oxygen atoms in total. The number of nitrogens with two attached hydrogens (primary N) is 1. The van der Waals surface area contributed by atoms with Gasteiger partial charge in [0.1, 0.15) is 5.75 Å². The van der Waals surface area contributed by atoms with E-state index >= 15 is 0 Å². The topological polar surface area (TPSA) is 38.5 Å². The molecule has 0 aliphatic carbocycles. The highest BCUT2D eigenvalue weighted by atomic mass is 35.5. The van der Waals surface area contributed by atoms with Gasteiger partial charge in [0.25, 0.3) is 0 Å². The summed E-state index contributed by atoms with van der Waals surface area (Å²) in [7, 11) is 0. The molecular formula is C15H23ClN2O. The Morgan fingerprint density at radius 1 is 1.37 bits per heavy atom. The van der Waals surface area contributed by atoms with Gasteiger partial charge in [0.15, 0.2) is 0 Å². The summed E-state index contributed by atoms with van der Waals surface area (Å²) in [6.45, 7) is 6.26. The maximum Gasteiger partial charge on any atom is 0.137 e. The molecule has 1 atom stereocenters. The molecule has 4 heteroatoms. The molecule has 0 spiro atoms. The molecule has 0 bridgehead atoms. The highest BCUT2D eigenvalue weighted by molar-refractivity contribution is 6.32. The Balaban J connectivity index is 1.76. The first-order valence-electron chi connectivity index (χ1n) is 7.07. The first kappa shape index (κ1) is 14.6. The summed E-state index contributed by atoms with van der Waals surface area (Å²) in [5.41, 5.74) is 6.86. The van der Waals surface area contributed by atoms with E-state index in [1.165, 1.54) is 25.9 Å². The molecular weight excluding hydrogens is 260 g/mol. The Morgan fingerprint density at radius 2 is 2.11 bits per heavy atom. The Kier molecular flexibility index (Phi) is 5.49. The molecule has 0 amide bonds. The van der Waals surface area contributed by atoms with Crippen LogP contribution in [-0.4, -0.2) is 31.1 Å². The molecule has 0 aromatic heterocycles. The van der Waals surface area contributed by atoms with Crippen LogP contribution in [0.15, 0.2) is 18.2 Å². The zero-order valence-electron chi connectivity index (χ0n) is 11.6. The maximum atomic E-state index is 6.19. The minimum atomic E-state index is 0.00159. The lowest BCUT2D eigenvalue weighted by Crippen LogP contribution is -2.21. The SMILES string of the molecule is CC(N)c1ccc(OCCCN2CCCC2)c(Cl)c1. The van der Waals surface area contributed by atoms with E-state index in [0.717, 1.165) is 24.3 Å². The fraction of sp³-hybridized carbons (Fsp3) is 0.600. The summed E-state index contributed by atoms with van der Waals surface area (Å²) in [5, 5.41) is 0.649. The predicted molar refractivity (Wildman–Crippen MR) is 79.8 cm³/mol. The molecule has 1 aliphatic rings. The lowest BCUT2D eigenvalue weighted by molar-refractivity contribution is 0.263. The molecule has 1 aromatic rings. The minimum Gasteiger partial charge on any atom is -0.492 e. The fourth-order valence-corrected chi connectivity index (χ4v) is 2.64. The van der Waals surface area contributed by atoms with Crippen LogP contribution in [0.1, 0.15) is 37.8 Å². The van der Waals surface area contributed by atoms with Gasteiger partial charge in [-0.05, 0) is 57.0 Å². The van der Waals surface area contributed by atoms with Crippen LogP contribution >= 0.6 is 11.6 Å². The van der Waals surface area contributed by atoms with Crippen molar-refractivity contribution in [3.05, 3.63) is 28.8 Å². The Morgan fingerprint density at radius 3 is 2.74 bits per heavy atom. The minimum absolute atomic E-state index is 0.00159. The highest BCUT2D eigenvalue weighted by Gasteiger charge is 2.11. The van der Waals surface area contributed by atoms with Gasteiger partial charge in [-0.3, -0.25) is 0 Å². The summed E-state index contributed by atoms with van der Waals surface area (Å²) in [4.78, 5) is 2.49. The number of hydrogen-bond donors (Lipinski definition) is 1. The van der Waals surface area contributed by atoms with Gasteiger partial charge in [-0.1, -0.05) is 17.7 Å². The number of hydrogen-bond acceptors (Lipinski definition) is 3. The second-order valence-corrected chi connectivity index (χ2v) is 5.64. The van der Waals surface area contributed by atoms with Crippen LogP contribution < -0.4 is 10.5 Å². The molecule has 1 unspecified atom stereocenters. The van der Waals surface area contributed by atoms with Crippen LogP contribution in [0.25, 0.3) is 0 Å². The molecule has 2 rings (SSSR count). The van der Waals surface area contributed by atoms with Gasteiger partial charge in [-0.25, -0.2) is 0 Å². The Labute approximate surface area is 120 Å². The van der Waals surface area contributed by atoms with Gasteiger partial charge >= 0.3 is 0 Å². The van der Waals surface area contributed by atoms with Gasteiger partial charge in [0.2, 0.25) is 0 Å². The molecule has 1 aromatic carbocycles. The Bertz CT molecular complexity index is 403. The normalized spacial score (nSPS) is 17.6.